The normalized spacial score (nSPS) is 19.4. The van der Waals surface area contributed by atoms with Gasteiger partial charge in [0.2, 0.25) is 5.91 Å². The number of nitrogens with zero attached hydrogens (tertiary/aromatic N) is 2. The van der Waals surface area contributed by atoms with Crippen molar-refractivity contribution in [3.63, 3.8) is 0 Å². The van der Waals surface area contributed by atoms with Crippen molar-refractivity contribution in [2.24, 2.45) is 5.92 Å². The summed E-state index contributed by atoms with van der Waals surface area (Å²) in [5.41, 5.74) is 1.85. The summed E-state index contributed by atoms with van der Waals surface area (Å²) in [5, 5.41) is 18.6. The molecular formula is C26H26ClN3O4. The third-order valence-corrected chi connectivity index (χ3v) is 7.18. The van der Waals surface area contributed by atoms with Crippen molar-refractivity contribution in [3.05, 3.63) is 75.2 Å². The Balaban J connectivity index is 1.49. The summed E-state index contributed by atoms with van der Waals surface area (Å²) in [6, 6.07) is 14.3. The van der Waals surface area contributed by atoms with Gasteiger partial charge < -0.3 is 19.5 Å². The lowest BCUT2D eigenvalue weighted by molar-refractivity contribution is -0.127. The van der Waals surface area contributed by atoms with Gasteiger partial charge in [-0.3, -0.25) is 9.59 Å². The Labute approximate surface area is 201 Å². The molecule has 7 nitrogen and oxygen atoms in total. The van der Waals surface area contributed by atoms with Gasteiger partial charge in [0.15, 0.2) is 0 Å². The molecule has 4 aromatic rings. The molecule has 0 spiro atoms. The average molecular weight is 480 g/mol. The second-order valence-electron chi connectivity index (χ2n) is 8.94. The molecule has 0 aliphatic heterocycles. The molecule has 2 heterocycles. The van der Waals surface area contributed by atoms with Crippen LogP contribution in [-0.2, 0) is 4.79 Å². The van der Waals surface area contributed by atoms with E-state index >= 15 is 0 Å². The van der Waals surface area contributed by atoms with Gasteiger partial charge in [-0.25, -0.2) is 0 Å². The van der Waals surface area contributed by atoms with Crippen LogP contribution in [0.25, 0.3) is 21.8 Å². The van der Waals surface area contributed by atoms with Crippen LogP contribution in [0, 0.1) is 12.8 Å². The molecule has 8 heteroatoms. The monoisotopic (exact) mass is 479 g/mol. The van der Waals surface area contributed by atoms with Crippen molar-refractivity contribution >= 4 is 39.3 Å². The lowest BCUT2D eigenvalue weighted by Gasteiger charge is -2.31. The quantitative estimate of drug-likeness (QED) is 0.433. The lowest BCUT2D eigenvalue weighted by Crippen LogP contribution is -2.39. The number of hydrogen-bond donors (Lipinski definition) is 2. The fourth-order valence-corrected chi connectivity index (χ4v) is 5.44. The number of benzene rings is 2. The number of aromatic nitrogens is 2. The summed E-state index contributed by atoms with van der Waals surface area (Å²) in [7, 11) is 0. The van der Waals surface area contributed by atoms with Crippen LogP contribution in [0.4, 0.5) is 0 Å². The van der Waals surface area contributed by atoms with E-state index in [4.69, 9.17) is 16.1 Å². The summed E-state index contributed by atoms with van der Waals surface area (Å²) in [6.07, 6.45) is 2.85. The number of halogens is 1. The first-order valence-electron chi connectivity index (χ1n) is 11.5. The number of fused-ring (bicyclic) bond motifs is 3. The molecule has 1 saturated carbocycles. The van der Waals surface area contributed by atoms with E-state index in [1.165, 1.54) is 0 Å². The fourth-order valence-electron chi connectivity index (χ4n) is 5.18. The van der Waals surface area contributed by atoms with Gasteiger partial charge in [0, 0.05) is 17.3 Å². The highest BCUT2D eigenvalue weighted by atomic mass is 35.5. The molecule has 2 N–H and O–H groups in total. The van der Waals surface area contributed by atoms with E-state index < -0.39 is 6.04 Å². The number of aliphatic hydroxyl groups is 1. The first-order valence-corrected chi connectivity index (χ1v) is 11.9. The zero-order valence-electron chi connectivity index (χ0n) is 18.8. The van der Waals surface area contributed by atoms with Gasteiger partial charge in [0.25, 0.3) is 5.56 Å². The molecule has 3 unspecified atom stereocenters. The summed E-state index contributed by atoms with van der Waals surface area (Å²) in [5.74, 6) is 0.0801. The zero-order valence-corrected chi connectivity index (χ0v) is 19.6. The predicted octanol–water partition coefficient (Wildman–Crippen LogP) is 4.69. The van der Waals surface area contributed by atoms with Crippen LogP contribution in [0.15, 0.2) is 57.8 Å². The number of amides is 1. The summed E-state index contributed by atoms with van der Waals surface area (Å²) in [6.45, 7) is 1.54. The number of nitrogens with one attached hydrogen (secondary N) is 1. The molecule has 0 bridgehead atoms. The predicted molar refractivity (Wildman–Crippen MR) is 131 cm³/mol. The molecule has 0 radical (unpaired) electrons. The molecular weight excluding hydrogens is 454 g/mol. The summed E-state index contributed by atoms with van der Waals surface area (Å²) in [4.78, 5) is 26.8. The topological polar surface area (TPSA) is 97.4 Å². The Bertz CT molecular complexity index is 1410. The van der Waals surface area contributed by atoms with E-state index in [2.05, 4.69) is 10.5 Å². The van der Waals surface area contributed by atoms with Crippen LogP contribution in [0.3, 0.4) is 0 Å². The third-order valence-electron chi connectivity index (χ3n) is 6.87. The highest BCUT2D eigenvalue weighted by molar-refractivity contribution is 6.37. The maximum Gasteiger partial charge on any atom is 0.264 e. The number of rotatable bonds is 5. The Morgan fingerprint density at radius 3 is 2.76 bits per heavy atom. The Morgan fingerprint density at radius 2 is 2.00 bits per heavy atom. The summed E-state index contributed by atoms with van der Waals surface area (Å²) >= 11 is 6.53. The third kappa shape index (κ3) is 3.89. The molecule has 176 valence electrons. The maximum atomic E-state index is 13.6. The molecule has 1 amide bonds. The number of carbonyl (C=O) groups is 1. The largest absolute Gasteiger partial charge is 0.394 e. The van der Waals surface area contributed by atoms with Crippen LogP contribution >= 0.6 is 11.6 Å². The van der Waals surface area contributed by atoms with Gasteiger partial charge in [-0.05, 0) is 43.9 Å². The lowest BCUT2D eigenvalue weighted by atomic mass is 9.84. The van der Waals surface area contributed by atoms with Crippen LogP contribution < -0.4 is 10.9 Å². The van der Waals surface area contributed by atoms with Gasteiger partial charge in [-0.2, -0.15) is 0 Å². The summed E-state index contributed by atoms with van der Waals surface area (Å²) < 4.78 is 7.12. The van der Waals surface area contributed by atoms with E-state index in [1.807, 2.05) is 42.5 Å². The second kappa shape index (κ2) is 9.24. The molecule has 5 rings (SSSR count). The van der Waals surface area contributed by atoms with Crippen LogP contribution in [0.2, 0.25) is 5.02 Å². The van der Waals surface area contributed by atoms with E-state index in [1.54, 1.807) is 17.6 Å². The van der Waals surface area contributed by atoms with Crippen molar-refractivity contribution in [1.29, 1.82) is 0 Å². The van der Waals surface area contributed by atoms with Crippen molar-refractivity contribution in [3.8, 4) is 0 Å². The maximum absolute atomic E-state index is 13.6. The van der Waals surface area contributed by atoms with Gasteiger partial charge in [-0.1, -0.05) is 59.6 Å². The minimum Gasteiger partial charge on any atom is -0.394 e. The van der Waals surface area contributed by atoms with E-state index in [9.17, 15) is 14.7 Å². The molecule has 3 atom stereocenters. The molecule has 0 saturated heterocycles. The van der Waals surface area contributed by atoms with Crippen LogP contribution in [0.5, 0.6) is 0 Å². The van der Waals surface area contributed by atoms with Crippen LogP contribution in [-0.4, -0.2) is 27.3 Å². The standard InChI is InChI=1S/C26H26ClN3O4/c1-15-22-24(29-34-15)23-19(27)11-6-12-21(23)30(26(22)33)18-10-5-9-17(13-18)25(32)28-20(14-31)16-7-3-2-4-8-16/h2-4,6-8,11-12,17-18,20,31H,5,9-10,13-14H2,1H3,(H,28,32). The van der Waals surface area contributed by atoms with Gasteiger partial charge in [-0.15, -0.1) is 0 Å². The number of pyridine rings is 1. The number of aryl methyl sites for hydroxylation is 1. The van der Waals surface area contributed by atoms with Crippen molar-refractivity contribution in [1.82, 2.24) is 15.0 Å². The minimum atomic E-state index is -0.465. The zero-order chi connectivity index (χ0) is 23.8. The molecule has 2 aromatic heterocycles. The number of hydrogen-bond acceptors (Lipinski definition) is 5. The molecule has 1 fully saturated rings. The first-order chi connectivity index (χ1) is 16.5. The molecule has 1 aliphatic rings. The van der Waals surface area contributed by atoms with E-state index in [0.717, 1.165) is 24.8 Å². The van der Waals surface area contributed by atoms with Gasteiger partial charge >= 0.3 is 0 Å². The van der Waals surface area contributed by atoms with Gasteiger partial charge in [0.05, 0.1) is 23.2 Å². The van der Waals surface area contributed by atoms with Crippen molar-refractivity contribution in [2.75, 3.05) is 6.61 Å². The van der Waals surface area contributed by atoms with Crippen molar-refractivity contribution in [2.45, 2.75) is 44.7 Å². The first kappa shape index (κ1) is 22.6. The SMILES string of the molecule is Cc1onc2c1c(=O)n(C1CCCC(C(=O)NC(CO)c3ccccc3)C1)c1cccc(Cl)c21. The average Bonchev–Trinajstić information content (AvgIpc) is 3.25. The van der Waals surface area contributed by atoms with Crippen LogP contribution in [0.1, 0.15) is 49.1 Å². The Morgan fingerprint density at radius 1 is 1.21 bits per heavy atom. The van der Waals surface area contributed by atoms with E-state index in [-0.39, 0.29) is 30.0 Å². The number of aliphatic hydroxyl groups excluding tert-OH is 1. The minimum absolute atomic E-state index is 0.106. The second-order valence-corrected chi connectivity index (χ2v) is 9.35. The van der Waals surface area contributed by atoms with Gasteiger partial charge in [0.1, 0.15) is 16.7 Å². The smallest absolute Gasteiger partial charge is 0.264 e. The molecule has 34 heavy (non-hydrogen) atoms. The Kier molecular flexibility index (Phi) is 6.15. The molecule has 2 aromatic carbocycles. The number of carbonyl (C=O) groups excluding carboxylic acids is 1. The highest BCUT2D eigenvalue weighted by Gasteiger charge is 2.32. The molecule has 1 aliphatic carbocycles. The van der Waals surface area contributed by atoms with Crippen molar-refractivity contribution < 1.29 is 14.4 Å². The Hall–Kier alpha value is -3.16. The van der Waals surface area contributed by atoms with E-state index in [0.29, 0.717) is 39.0 Å². The highest BCUT2D eigenvalue weighted by Crippen LogP contribution is 2.37. The fraction of sp³-hybridized carbons (Fsp3) is 0.346.